The first kappa shape index (κ1) is 8.82. The molecule has 2 heteroatoms. The van der Waals surface area contributed by atoms with Gasteiger partial charge in [-0.3, -0.25) is 0 Å². The fourth-order valence-electron chi connectivity index (χ4n) is 1.91. The lowest BCUT2D eigenvalue weighted by Gasteiger charge is -2.34. The van der Waals surface area contributed by atoms with Crippen molar-refractivity contribution in [1.82, 2.24) is 9.80 Å². The predicted octanol–water partition coefficient (Wildman–Crippen LogP) is 1.32. The number of allylic oxidation sites excluding steroid dienone is 3. The smallest absolute Gasteiger partial charge is 0.0329 e. The van der Waals surface area contributed by atoms with Gasteiger partial charge in [-0.2, -0.15) is 0 Å². The predicted molar refractivity (Wildman–Crippen MR) is 55.5 cm³/mol. The van der Waals surface area contributed by atoms with Crippen LogP contribution in [0.5, 0.6) is 0 Å². The van der Waals surface area contributed by atoms with Crippen LogP contribution in [0.2, 0.25) is 0 Å². The second-order valence-corrected chi connectivity index (χ2v) is 4.10. The van der Waals surface area contributed by atoms with Gasteiger partial charge in [0.05, 0.1) is 0 Å². The van der Waals surface area contributed by atoms with Gasteiger partial charge in [-0.15, -0.1) is 0 Å². The molecule has 1 aliphatic carbocycles. The first-order valence-corrected chi connectivity index (χ1v) is 5.09. The van der Waals surface area contributed by atoms with Crippen molar-refractivity contribution >= 4 is 0 Å². The molecule has 1 heterocycles. The Bertz CT molecular complexity index is 234. The number of rotatable bonds is 1. The molecule has 0 bridgehead atoms. The molecule has 2 aliphatic rings. The zero-order valence-electron chi connectivity index (χ0n) is 8.53. The molecule has 1 atom stereocenters. The van der Waals surface area contributed by atoms with Crippen molar-refractivity contribution in [3.8, 4) is 0 Å². The second-order valence-electron chi connectivity index (χ2n) is 4.10. The lowest BCUT2D eigenvalue weighted by atomic mass is 10.2. The zero-order chi connectivity index (χ0) is 9.26. The maximum absolute atomic E-state index is 2.49. The van der Waals surface area contributed by atoms with Gasteiger partial charge in [-0.05, 0) is 19.0 Å². The van der Waals surface area contributed by atoms with Crippen molar-refractivity contribution in [2.45, 2.75) is 6.92 Å². The Kier molecular flexibility index (Phi) is 2.40. The summed E-state index contributed by atoms with van der Waals surface area (Å²) < 4.78 is 0. The monoisotopic (exact) mass is 178 g/mol. The van der Waals surface area contributed by atoms with Crippen LogP contribution in [0, 0.1) is 5.92 Å². The van der Waals surface area contributed by atoms with Gasteiger partial charge in [0.25, 0.3) is 0 Å². The normalized spacial score (nSPS) is 29.5. The summed E-state index contributed by atoms with van der Waals surface area (Å²) in [6.45, 7) is 6.98. The maximum atomic E-state index is 2.49. The molecule has 1 saturated heterocycles. The van der Waals surface area contributed by atoms with E-state index in [9.17, 15) is 0 Å². The molecule has 1 unspecified atom stereocenters. The van der Waals surface area contributed by atoms with E-state index >= 15 is 0 Å². The average Bonchev–Trinajstić information content (AvgIpc) is 2.53. The van der Waals surface area contributed by atoms with E-state index in [0.29, 0.717) is 5.92 Å². The van der Waals surface area contributed by atoms with Gasteiger partial charge in [0.1, 0.15) is 0 Å². The SMILES string of the molecule is CC1C=CC(N2CCN(C)CC2)=C1. The molecule has 0 aromatic heterocycles. The summed E-state index contributed by atoms with van der Waals surface area (Å²) in [4.78, 5) is 4.87. The second kappa shape index (κ2) is 3.54. The minimum absolute atomic E-state index is 0.634. The van der Waals surface area contributed by atoms with Crippen LogP contribution >= 0.6 is 0 Å². The third kappa shape index (κ3) is 1.94. The first-order chi connectivity index (χ1) is 6.25. The summed E-state index contributed by atoms with van der Waals surface area (Å²) >= 11 is 0. The average molecular weight is 178 g/mol. The van der Waals surface area contributed by atoms with E-state index in [2.05, 4.69) is 42.0 Å². The Hall–Kier alpha value is -0.760. The minimum atomic E-state index is 0.634. The van der Waals surface area contributed by atoms with Crippen LogP contribution in [0.3, 0.4) is 0 Å². The maximum Gasteiger partial charge on any atom is 0.0329 e. The Morgan fingerprint density at radius 2 is 1.92 bits per heavy atom. The van der Waals surface area contributed by atoms with Crippen molar-refractivity contribution in [2.75, 3.05) is 33.2 Å². The first-order valence-electron chi connectivity index (χ1n) is 5.09. The Morgan fingerprint density at radius 3 is 2.46 bits per heavy atom. The molecular formula is C11H18N2. The minimum Gasteiger partial charge on any atom is -0.369 e. The van der Waals surface area contributed by atoms with E-state index in [0.717, 1.165) is 0 Å². The molecule has 0 N–H and O–H groups in total. The number of likely N-dealkylation sites (N-methyl/N-ethyl adjacent to an activating group) is 1. The van der Waals surface area contributed by atoms with Crippen LogP contribution in [0.4, 0.5) is 0 Å². The van der Waals surface area contributed by atoms with Gasteiger partial charge in [-0.1, -0.05) is 19.1 Å². The lowest BCUT2D eigenvalue weighted by Crippen LogP contribution is -2.43. The standard InChI is InChI=1S/C11H18N2/c1-10-3-4-11(9-10)13-7-5-12(2)6-8-13/h3-4,9-10H,5-8H2,1-2H3. The summed E-state index contributed by atoms with van der Waals surface area (Å²) in [6, 6.07) is 0. The van der Waals surface area contributed by atoms with Gasteiger partial charge >= 0.3 is 0 Å². The van der Waals surface area contributed by atoms with Gasteiger partial charge in [0.2, 0.25) is 0 Å². The molecule has 0 spiro atoms. The van der Waals surface area contributed by atoms with Crippen LogP contribution in [0.15, 0.2) is 23.9 Å². The van der Waals surface area contributed by atoms with Crippen LogP contribution in [-0.4, -0.2) is 43.0 Å². The van der Waals surface area contributed by atoms with E-state index in [1.807, 2.05) is 0 Å². The molecule has 1 aliphatic heterocycles. The van der Waals surface area contributed by atoms with Gasteiger partial charge in [-0.25, -0.2) is 0 Å². The van der Waals surface area contributed by atoms with E-state index in [-0.39, 0.29) is 0 Å². The molecular weight excluding hydrogens is 160 g/mol. The van der Waals surface area contributed by atoms with Crippen molar-refractivity contribution in [2.24, 2.45) is 5.92 Å². The van der Waals surface area contributed by atoms with Gasteiger partial charge in [0.15, 0.2) is 0 Å². The molecule has 0 amide bonds. The van der Waals surface area contributed by atoms with E-state index in [4.69, 9.17) is 0 Å². The third-order valence-corrected chi connectivity index (χ3v) is 2.87. The van der Waals surface area contributed by atoms with Crippen LogP contribution < -0.4 is 0 Å². The number of hydrogen-bond acceptors (Lipinski definition) is 2. The Morgan fingerprint density at radius 1 is 1.23 bits per heavy atom. The van der Waals surface area contributed by atoms with E-state index in [1.165, 1.54) is 31.9 Å². The number of piperazine rings is 1. The van der Waals surface area contributed by atoms with Crippen LogP contribution in [0.1, 0.15) is 6.92 Å². The highest BCUT2D eigenvalue weighted by atomic mass is 15.2. The van der Waals surface area contributed by atoms with Gasteiger partial charge in [0, 0.05) is 31.9 Å². The van der Waals surface area contributed by atoms with Crippen LogP contribution in [-0.2, 0) is 0 Å². The molecule has 0 aromatic rings. The molecule has 13 heavy (non-hydrogen) atoms. The highest BCUT2D eigenvalue weighted by Gasteiger charge is 2.16. The fourth-order valence-corrected chi connectivity index (χ4v) is 1.91. The van der Waals surface area contributed by atoms with Crippen molar-refractivity contribution in [3.63, 3.8) is 0 Å². The Balaban J connectivity index is 1.95. The summed E-state index contributed by atoms with van der Waals surface area (Å²) in [5.41, 5.74) is 1.43. The number of hydrogen-bond donors (Lipinski definition) is 0. The van der Waals surface area contributed by atoms with Gasteiger partial charge < -0.3 is 9.80 Å². The lowest BCUT2D eigenvalue weighted by molar-refractivity contribution is 0.190. The molecule has 1 fully saturated rings. The molecule has 2 nitrogen and oxygen atoms in total. The molecule has 2 rings (SSSR count). The number of nitrogens with zero attached hydrogens (tertiary/aromatic N) is 2. The van der Waals surface area contributed by atoms with Crippen molar-refractivity contribution in [3.05, 3.63) is 23.9 Å². The topological polar surface area (TPSA) is 6.48 Å². The highest BCUT2D eigenvalue weighted by molar-refractivity contribution is 5.27. The van der Waals surface area contributed by atoms with Crippen LogP contribution in [0.25, 0.3) is 0 Å². The van der Waals surface area contributed by atoms with Crippen molar-refractivity contribution < 1.29 is 0 Å². The summed E-state index contributed by atoms with van der Waals surface area (Å²) in [5.74, 6) is 0.634. The Labute approximate surface area is 80.5 Å². The molecule has 0 radical (unpaired) electrons. The van der Waals surface area contributed by atoms with Crippen molar-refractivity contribution in [1.29, 1.82) is 0 Å². The zero-order valence-corrected chi connectivity index (χ0v) is 8.53. The quantitative estimate of drug-likeness (QED) is 0.597. The third-order valence-electron chi connectivity index (χ3n) is 2.87. The molecule has 0 aromatic carbocycles. The largest absolute Gasteiger partial charge is 0.369 e. The molecule has 72 valence electrons. The summed E-state index contributed by atoms with van der Waals surface area (Å²) in [7, 11) is 2.19. The van der Waals surface area contributed by atoms with E-state index in [1.54, 1.807) is 0 Å². The summed E-state index contributed by atoms with van der Waals surface area (Å²) in [5, 5.41) is 0. The highest BCUT2D eigenvalue weighted by Crippen LogP contribution is 2.19. The molecule has 0 saturated carbocycles. The van der Waals surface area contributed by atoms with E-state index < -0.39 is 0 Å². The fraction of sp³-hybridized carbons (Fsp3) is 0.636. The summed E-state index contributed by atoms with van der Waals surface area (Å²) in [6.07, 6.45) is 6.88.